The van der Waals surface area contributed by atoms with E-state index in [0.29, 0.717) is 31.4 Å². The zero-order chi connectivity index (χ0) is 47.1. The molecule has 4 atom stereocenters. The molecule has 7 rings (SSSR count). The van der Waals surface area contributed by atoms with Crippen LogP contribution in [0.2, 0.25) is 0 Å². The number of fused-ring (bicyclic) bond motifs is 6. The van der Waals surface area contributed by atoms with Gasteiger partial charge in [0.1, 0.15) is 29.9 Å². The number of hydrogen-bond donors (Lipinski definition) is 4. The lowest BCUT2D eigenvalue weighted by Gasteiger charge is -2.37. The third-order valence-electron chi connectivity index (χ3n) is 13.3. The van der Waals surface area contributed by atoms with Crippen molar-refractivity contribution < 1.29 is 33.8 Å². The van der Waals surface area contributed by atoms with Gasteiger partial charge in [-0.25, -0.2) is 5.43 Å². The number of aromatic nitrogens is 2. The molecule has 65 heavy (non-hydrogen) atoms. The lowest BCUT2D eigenvalue weighted by molar-refractivity contribution is -0.155. The summed E-state index contributed by atoms with van der Waals surface area (Å²) in [5.41, 5.74) is 9.86. The quantitative estimate of drug-likeness (QED) is 0.125. The Morgan fingerprint density at radius 3 is 2.45 bits per heavy atom. The van der Waals surface area contributed by atoms with Crippen molar-refractivity contribution >= 4 is 40.5 Å². The normalized spacial score (nSPS) is 21.0. The van der Waals surface area contributed by atoms with Crippen LogP contribution in [0, 0.1) is 11.3 Å². The Morgan fingerprint density at radius 1 is 1.03 bits per heavy atom. The second-order valence-corrected chi connectivity index (χ2v) is 19.8. The van der Waals surface area contributed by atoms with E-state index >= 15 is 0 Å². The Labute approximate surface area is 382 Å². The summed E-state index contributed by atoms with van der Waals surface area (Å²) >= 11 is 0. The highest BCUT2D eigenvalue weighted by atomic mass is 16.5. The molecule has 5 heterocycles. The average molecular weight is 891 g/mol. The van der Waals surface area contributed by atoms with Gasteiger partial charge in [0.15, 0.2) is 0 Å². The fraction of sp³-hybridized carbons (Fsp3) is 0.520. The number of cyclic esters (lactones) is 1. The molecule has 0 aliphatic carbocycles. The molecule has 3 aliphatic heterocycles. The molecule has 4 aromatic rings. The van der Waals surface area contributed by atoms with Crippen LogP contribution in [0.5, 0.6) is 5.75 Å². The third-order valence-corrected chi connectivity index (χ3v) is 13.3. The standard InChI is InChI=1S/C50H66N8O7/c1-11-31-17-18-51-26-37(31)43-36-25-49(5,6)28-65-48(64)38-14-13-19-58(54-38)46(62)39(22-30-20-33(23-34(59)21-30)32-15-16-40(35(36)24-32)57(43)12-2)52-45(61)42(29(3)4)56(10)41(60)27-55(9)47(63)44-50(7,8)53-44/h15-18,20-21,23-24,26,29,38-39,42,44,53-54,59H,11-14,19,22,25,27-28H2,1-10H3,(H,52,61)/t38-,39-,42-,44-/m0/s1. The summed E-state index contributed by atoms with van der Waals surface area (Å²) < 4.78 is 8.41. The maximum atomic E-state index is 14.7. The number of amides is 4. The smallest absolute Gasteiger partial charge is 0.324 e. The van der Waals surface area contributed by atoms with Gasteiger partial charge in [0, 0.05) is 73.4 Å². The van der Waals surface area contributed by atoms with Crippen molar-refractivity contribution in [2.75, 3.05) is 33.8 Å². The molecule has 2 fully saturated rings. The summed E-state index contributed by atoms with van der Waals surface area (Å²) in [7, 11) is 3.09. The van der Waals surface area contributed by atoms with E-state index in [4.69, 9.17) is 4.74 Å². The van der Waals surface area contributed by atoms with Crippen LogP contribution in [-0.4, -0.2) is 123 Å². The van der Waals surface area contributed by atoms with Crippen molar-refractivity contribution in [2.45, 2.75) is 124 Å². The van der Waals surface area contributed by atoms with Crippen LogP contribution in [0.1, 0.15) is 84.9 Å². The number of esters is 1. The topological polar surface area (TPSA) is 188 Å². The fourth-order valence-electron chi connectivity index (χ4n) is 9.61. The van der Waals surface area contributed by atoms with Crippen LogP contribution in [0.3, 0.4) is 0 Å². The van der Waals surface area contributed by atoms with Gasteiger partial charge < -0.3 is 29.5 Å². The summed E-state index contributed by atoms with van der Waals surface area (Å²) in [5, 5.41) is 19.8. The first-order chi connectivity index (χ1) is 30.7. The fourth-order valence-corrected chi connectivity index (χ4v) is 9.61. The van der Waals surface area contributed by atoms with Crippen molar-refractivity contribution in [1.82, 2.24) is 40.4 Å². The number of nitrogens with one attached hydrogen (secondary N) is 3. The van der Waals surface area contributed by atoms with Gasteiger partial charge in [-0.2, -0.15) is 0 Å². The molecule has 4 N–H and O–H groups in total. The lowest BCUT2D eigenvalue weighted by Crippen LogP contribution is -2.62. The van der Waals surface area contributed by atoms with E-state index in [1.54, 1.807) is 19.2 Å². The molecule has 0 radical (unpaired) electrons. The number of carbonyl (C=O) groups is 5. The number of benzene rings is 2. The second-order valence-electron chi connectivity index (χ2n) is 19.8. The number of carbonyl (C=O) groups excluding carboxylic acids is 5. The Hall–Kier alpha value is -5.80. The van der Waals surface area contributed by atoms with E-state index in [0.717, 1.165) is 45.3 Å². The number of phenolic OH excluding ortho intramolecular Hbond substituents is 1. The SMILES string of the molecule is CCc1ccncc1-c1c2c3cc(ccc3n1CC)-c1cc(O)cc(c1)C[C@H](NC(=O)[C@H](C(C)C)N(C)C(=O)CN(C)C(=O)[C@@H]1NC1(C)C)C(=O)N1CCC[C@H](N1)C(=O)OCC(C)(C)C2. The van der Waals surface area contributed by atoms with Crippen LogP contribution < -0.4 is 16.1 Å². The Morgan fingerprint density at radius 2 is 1.77 bits per heavy atom. The molecule has 15 heteroatoms. The molecule has 348 valence electrons. The molecule has 2 saturated heterocycles. The summed E-state index contributed by atoms with van der Waals surface area (Å²) in [5.74, 6) is -2.54. The van der Waals surface area contributed by atoms with Gasteiger partial charge in [0.2, 0.25) is 17.7 Å². The highest BCUT2D eigenvalue weighted by Crippen LogP contribution is 2.41. The number of hydrogen-bond acceptors (Lipinski definition) is 10. The van der Waals surface area contributed by atoms with Crippen molar-refractivity contribution in [2.24, 2.45) is 11.3 Å². The lowest BCUT2D eigenvalue weighted by atomic mass is 9.84. The molecule has 0 saturated carbocycles. The molecule has 4 amide bonds. The number of nitrogens with zero attached hydrogens (tertiary/aromatic N) is 5. The number of pyridine rings is 1. The maximum Gasteiger partial charge on any atom is 0.324 e. The first-order valence-electron chi connectivity index (χ1n) is 23.0. The van der Waals surface area contributed by atoms with E-state index in [-0.39, 0.29) is 49.2 Å². The van der Waals surface area contributed by atoms with Crippen molar-refractivity contribution in [3.8, 4) is 28.1 Å². The number of aromatic hydroxyl groups is 1. The van der Waals surface area contributed by atoms with Crippen LogP contribution in [0.25, 0.3) is 33.3 Å². The zero-order valence-corrected chi connectivity index (χ0v) is 39.6. The number of rotatable bonds is 10. The van der Waals surface area contributed by atoms with Gasteiger partial charge in [-0.15, -0.1) is 0 Å². The van der Waals surface area contributed by atoms with Crippen molar-refractivity contribution in [3.05, 3.63) is 71.5 Å². The number of likely N-dealkylation sites (N-methyl/N-ethyl adjacent to an activating group) is 2. The molecular weight excluding hydrogens is 825 g/mol. The van der Waals surface area contributed by atoms with Crippen molar-refractivity contribution in [1.29, 1.82) is 0 Å². The van der Waals surface area contributed by atoms with Gasteiger partial charge in [0.05, 0.1) is 18.8 Å². The van der Waals surface area contributed by atoms with E-state index in [2.05, 4.69) is 71.5 Å². The van der Waals surface area contributed by atoms with Gasteiger partial charge in [-0.3, -0.25) is 39.3 Å². The maximum absolute atomic E-state index is 14.7. The molecule has 2 aromatic heterocycles. The van der Waals surface area contributed by atoms with E-state index in [1.807, 2.05) is 52.2 Å². The molecule has 6 bridgehead atoms. The Bertz CT molecular complexity index is 2490. The third kappa shape index (κ3) is 9.91. The van der Waals surface area contributed by atoms with E-state index < -0.39 is 53.3 Å². The first kappa shape index (κ1) is 47.2. The highest BCUT2D eigenvalue weighted by molar-refractivity contribution is 5.96. The minimum Gasteiger partial charge on any atom is -0.508 e. The molecule has 0 unspecified atom stereocenters. The summed E-state index contributed by atoms with van der Waals surface area (Å²) in [6, 6.07) is 10.2. The molecule has 15 nitrogen and oxygen atoms in total. The first-order valence-corrected chi connectivity index (χ1v) is 23.0. The summed E-state index contributed by atoms with van der Waals surface area (Å²) in [4.78, 5) is 77.0. The van der Waals surface area contributed by atoms with E-state index in [1.165, 1.54) is 27.4 Å². The van der Waals surface area contributed by atoms with Crippen LogP contribution in [0.15, 0.2) is 54.9 Å². The van der Waals surface area contributed by atoms with Gasteiger partial charge in [0.25, 0.3) is 5.91 Å². The molecule has 2 aromatic carbocycles. The highest BCUT2D eigenvalue weighted by Gasteiger charge is 2.51. The van der Waals surface area contributed by atoms with Gasteiger partial charge in [-0.05, 0) is 111 Å². The van der Waals surface area contributed by atoms with Gasteiger partial charge in [-0.1, -0.05) is 46.8 Å². The minimum atomic E-state index is -1.17. The predicted molar refractivity (Wildman–Crippen MR) is 249 cm³/mol. The number of ether oxygens (including phenoxy) is 1. The average Bonchev–Trinajstić information content (AvgIpc) is 3.81. The number of aryl methyl sites for hydroxylation is 2. The molecule has 3 aliphatic rings. The molecule has 0 spiro atoms. The van der Waals surface area contributed by atoms with Crippen LogP contribution in [0.4, 0.5) is 0 Å². The zero-order valence-electron chi connectivity index (χ0n) is 39.6. The second kappa shape index (κ2) is 18.6. The molecular formula is C50H66N8O7. The number of hydrazine groups is 1. The van der Waals surface area contributed by atoms with Crippen LogP contribution in [-0.2, 0) is 54.5 Å². The summed E-state index contributed by atoms with van der Waals surface area (Å²) in [6.07, 6.45) is 6.10. The Balaban J connectivity index is 1.28. The van der Waals surface area contributed by atoms with Crippen LogP contribution >= 0.6 is 0 Å². The summed E-state index contributed by atoms with van der Waals surface area (Å²) in [6.45, 7) is 16.8. The van der Waals surface area contributed by atoms with Gasteiger partial charge >= 0.3 is 5.97 Å². The number of phenols is 1. The monoisotopic (exact) mass is 891 g/mol. The predicted octanol–water partition coefficient (Wildman–Crippen LogP) is 5.00. The Kier molecular flexibility index (Phi) is 13.5. The largest absolute Gasteiger partial charge is 0.508 e. The van der Waals surface area contributed by atoms with Crippen molar-refractivity contribution in [3.63, 3.8) is 0 Å². The minimum absolute atomic E-state index is 0.00612. The van der Waals surface area contributed by atoms with E-state index in [9.17, 15) is 29.1 Å².